The van der Waals surface area contributed by atoms with Crippen molar-refractivity contribution in [3.63, 3.8) is 0 Å². The fourth-order valence-electron chi connectivity index (χ4n) is 2.46. The van der Waals surface area contributed by atoms with E-state index < -0.39 is 0 Å². The summed E-state index contributed by atoms with van der Waals surface area (Å²) in [5.41, 5.74) is 2.51. The van der Waals surface area contributed by atoms with Crippen LogP contribution in [0.1, 0.15) is 25.4 Å². The van der Waals surface area contributed by atoms with E-state index >= 15 is 0 Å². The molecule has 0 aliphatic heterocycles. The Hall–Kier alpha value is -1.56. The molecule has 0 N–H and O–H groups in total. The molecule has 0 atom stereocenters. The molecule has 0 bridgehead atoms. The molecule has 0 fully saturated rings. The molecule has 0 aliphatic rings. The normalized spacial score (nSPS) is 11.2. The summed E-state index contributed by atoms with van der Waals surface area (Å²) in [6, 6.07) is 0. The maximum Gasteiger partial charge on any atom is 0.242 e. The first-order chi connectivity index (χ1) is 9.53. The number of hydrogen-bond acceptors (Lipinski definition) is 3. The number of halogens is 1. The average Bonchev–Trinajstić information content (AvgIpc) is 2.91. The van der Waals surface area contributed by atoms with Crippen LogP contribution in [0.2, 0.25) is 0 Å². The molecule has 0 aliphatic carbocycles. The van der Waals surface area contributed by atoms with Crippen molar-refractivity contribution in [2.24, 2.45) is 7.05 Å². The predicted octanol–water partition coefficient (Wildman–Crippen LogP) is 1.69. The van der Waals surface area contributed by atoms with Crippen LogP contribution in [-0.2, 0) is 24.3 Å². The molecule has 20 heavy (non-hydrogen) atoms. The number of rotatable bonds is 5. The molecule has 0 saturated heterocycles. The van der Waals surface area contributed by atoms with Gasteiger partial charge in [-0.05, 0) is 20.8 Å². The average molecular weight is 298 g/mol. The van der Waals surface area contributed by atoms with E-state index in [1.807, 2.05) is 32.4 Å². The van der Waals surface area contributed by atoms with Gasteiger partial charge in [-0.2, -0.15) is 5.10 Å². The van der Waals surface area contributed by atoms with Crippen molar-refractivity contribution in [3.05, 3.63) is 11.5 Å². The minimum atomic E-state index is 0.0690. The molecular weight excluding hydrogens is 278 g/mol. The second-order valence-electron chi connectivity index (χ2n) is 4.70. The third kappa shape index (κ3) is 2.40. The molecular formula is C13H20ClN5O. The molecule has 0 spiro atoms. The highest BCUT2D eigenvalue weighted by Gasteiger charge is 2.20. The van der Waals surface area contributed by atoms with Crippen LogP contribution in [0.5, 0.6) is 0 Å². The summed E-state index contributed by atoms with van der Waals surface area (Å²) in [7, 11) is 1.85. The van der Waals surface area contributed by atoms with E-state index in [1.54, 1.807) is 9.58 Å². The van der Waals surface area contributed by atoms with Crippen LogP contribution in [0, 0.1) is 6.92 Å². The Morgan fingerprint density at radius 1 is 1.35 bits per heavy atom. The smallest absolute Gasteiger partial charge is 0.242 e. The minimum Gasteiger partial charge on any atom is -0.342 e. The number of aromatic nitrogens is 4. The van der Waals surface area contributed by atoms with Gasteiger partial charge in [-0.15, -0.1) is 11.6 Å². The van der Waals surface area contributed by atoms with Crippen molar-refractivity contribution in [1.82, 2.24) is 24.2 Å². The highest BCUT2D eigenvalue weighted by Crippen LogP contribution is 2.20. The maximum atomic E-state index is 12.3. The fourth-order valence-corrected chi connectivity index (χ4v) is 2.66. The van der Waals surface area contributed by atoms with E-state index in [2.05, 4.69) is 10.1 Å². The first kappa shape index (κ1) is 14.8. The number of hydrogen-bond donors (Lipinski definition) is 0. The summed E-state index contributed by atoms with van der Waals surface area (Å²) in [4.78, 5) is 18.6. The summed E-state index contributed by atoms with van der Waals surface area (Å²) >= 11 is 5.96. The van der Waals surface area contributed by atoms with E-state index in [0.717, 1.165) is 16.9 Å². The zero-order valence-electron chi connectivity index (χ0n) is 12.4. The highest BCUT2D eigenvalue weighted by atomic mass is 35.5. The van der Waals surface area contributed by atoms with Crippen molar-refractivity contribution < 1.29 is 4.79 Å². The summed E-state index contributed by atoms with van der Waals surface area (Å²) in [5, 5.41) is 4.34. The number of fused-ring (bicyclic) bond motifs is 1. The van der Waals surface area contributed by atoms with Gasteiger partial charge >= 0.3 is 0 Å². The first-order valence-corrected chi connectivity index (χ1v) is 7.29. The van der Waals surface area contributed by atoms with Crippen LogP contribution in [0.25, 0.3) is 11.2 Å². The van der Waals surface area contributed by atoms with Gasteiger partial charge in [0.1, 0.15) is 17.9 Å². The number of imidazole rings is 1. The van der Waals surface area contributed by atoms with Crippen LogP contribution < -0.4 is 0 Å². The Labute approximate surface area is 123 Å². The van der Waals surface area contributed by atoms with Gasteiger partial charge in [-0.1, -0.05) is 0 Å². The minimum absolute atomic E-state index is 0.0690. The number of nitrogens with zero attached hydrogens (tertiary/aromatic N) is 5. The third-order valence-electron chi connectivity index (χ3n) is 3.50. The lowest BCUT2D eigenvalue weighted by Gasteiger charge is -2.19. The van der Waals surface area contributed by atoms with Gasteiger partial charge in [0.2, 0.25) is 5.91 Å². The standard InChI is InChI=1S/C13H20ClN5O/c1-5-18(6-2)11(20)8-19-10(7-14)15-12-9(3)16-17(4)13(12)19/h5-8H2,1-4H3. The second-order valence-corrected chi connectivity index (χ2v) is 4.96. The summed E-state index contributed by atoms with van der Waals surface area (Å²) in [6.07, 6.45) is 0. The third-order valence-corrected chi connectivity index (χ3v) is 3.74. The summed E-state index contributed by atoms with van der Waals surface area (Å²) < 4.78 is 3.62. The monoisotopic (exact) mass is 297 g/mol. The largest absolute Gasteiger partial charge is 0.342 e. The van der Waals surface area contributed by atoms with Crippen LogP contribution in [0.4, 0.5) is 0 Å². The molecule has 2 aromatic rings. The van der Waals surface area contributed by atoms with E-state index in [9.17, 15) is 4.79 Å². The molecule has 2 heterocycles. The lowest BCUT2D eigenvalue weighted by Crippen LogP contribution is -2.34. The van der Waals surface area contributed by atoms with Crippen LogP contribution >= 0.6 is 11.6 Å². The van der Waals surface area contributed by atoms with Gasteiger partial charge in [-0.25, -0.2) is 4.98 Å². The maximum absolute atomic E-state index is 12.3. The van der Waals surface area contributed by atoms with Crippen LogP contribution in [0.15, 0.2) is 0 Å². The molecule has 0 saturated carbocycles. The lowest BCUT2D eigenvalue weighted by molar-refractivity contribution is -0.131. The topological polar surface area (TPSA) is 56.0 Å². The lowest BCUT2D eigenvalue weighted by atomic mass is 10.4. The Morgan fingerprint density at radius 2 is 2.00 bits per heavy atom. The van der Waals surface area contributed by atoms with Crippen LogP contribution in [-0.4, -0.2) is 43.2 Å². The van der Waals surface area contributed by atoms with E-state index in [4.69, 9.17) is 11.6 Å². The van der Waals surface area contributed by atoms with Gasteiger partial charge in [0.05, 0.1) is 11.6 Å². The van der Waals surface area contributed by atoms with Crippen molar-refractivity contribution in [2.45, 2.75) is 33.2 Å². The Morgan fingerprint density at radius 3 is 2.55 bits per heavy atom. The number of carbonyl (C=O) groups excluding carboxylic acids is 1. The first-order valence-electron chi connectivity index (χ1n) is 6.75. The van der Waals surface area contributed by atoms with Gasteiger partial charge in [0.25, 0.3) is 0 Å². The number of likely N-dealkylation sites (N-methyl/N-ethyl adjacent to an activating group) is 1. The molecule has 6 nitrogen and oxygen atoms in total. The van der Waals surface area contributed by atoms with Crippen molar-refractivity contribution in [1.29, 1.82) is 0 Å². The Bertz CT molecular complexity index is 626. The zero-order valence-corrected chi connectivity index (χ0v) is 13.1. The van der Waals surface area contributed by atoms with E-state index in [1.165, 1.54) is 0 Å². The summed E-state index contributed by atoms with van der Waals surface area (Å²) in [5.74, 6) is 1.05. The molecule has 0 aromatic carbocycles. The molecule has 1 amide bonds. The Balaban J connectivity index is 2.44. The molecule has 0 unspecified atom stereocenters. The second kappa shape index (κ2) is 5.83. The SMILES string of the molecule is CCN(CC)C(=O)Cn1c(CCl)nc2c(C)nn(C)c21. The number of carbonyl (C=O) groups is 1. The highest BCUT2D eigenvalue weighted by molar-refractivity contribution is 6.16. The summed E-state index contributed by atoms with van der Waals surface area (Å²) in [6.45, 7) is 7.51. The van der Waals surface area contributed by atoms with Crippen molar-refractivity contribution >= 4 is 28.7 Å². The zero-order chi connectivity index (χ0) is 14.9. The van der Waals surface area contributed by atoms with Crippen molar-refractivity contribution in [2.75, 3.05) is 13.1 Å². The predicted molar refractivity (Wildman–Crippen MR) is 78.7 cm³/mol. The number of alkyl halides is 1. The number of amides is 1. The fraction of sp³-hybridized carbons (Fsp3) is 0.615. The van der Waals surface area contributed by atoms with Crippen LogP contribution in [0.3, 0.4) is 0 Å². The Kier molecular flexibility index (Phi) is 4.32. The molecule has 110 valence electrons. The number of aryl methyl sites for hydroxylation is 2. The van der Waals surface area contributed by atoms with Gasteiger partial charge in [0.15, 0.2) is 5.65 Å². The van der Waals surface area contributed by atoms with E-state index in [-0.39, 0.29) is 18.3 Å². The molecule has 2 rings (SSSR count). The molecule has 0 radical (unpaired) electrons. The van der Waals surface area contributed by atoms with Gasteiger partial charge in [0, 0.05) is 20.1 Å². The van der Waals surface area contributed by atoms with E-state index in [0.29, 0.717) is 18.9 Å². The molecule has 2 aromatic heterocycles. The van der Waals surface area contributed by atoms with Crippen molar-refractivity contribution in [3.8, 4) is 0 Å². The molecule has 7 heteroatoms. The quantitative estimate of drug-likeness (QED) is 0.789. The van der Waals surface area contributed by atoms with Gasteiger partial charge in [-0.3, -0.25) is 9.48 Å². The van der Waals surface area contributed by atoms with Gasteiger partial charge < -0.3 is 9.47 Å².